The van der Waals surface area contributed by atoms with Crippen LogP contribution in [0.15, 0.2) is 30.3 Å². The summed E-state index contributed by atoms with van der Waals surface area (Å²) in [4.78, 5) is 25.7. The number of nitrogens with one attached hydrogen (secondary N) is 1. The van der Waals surface area contributed by atoms with Gasteiger partial charge < -0.3 is 24.6 Å². The maximum atomic E-state index is 12.9. The van der Waals surface area contributed by atoms with Gasteiger partial charge in [0.15, 0.2) is 5.82 Å². The molecule has 0 radical (unpaired) electrons. The van der Waals surface area contributed by atoms with Crippen LogP contribution >= 0.6 is 0 Å². The topological polar surface area (TPSA) is 110 Å². The number of hydrogen-bond donors (Lipinski definition) is 2. The third-order valence-corrected chi connectivity index (χ3v) is 4.52. The van der Waals surface area contributed by atoms with Gasteiger partial charge in [-0.1, -0.05) is 30.3 Å². The summed E-state index contributed by atoms with van der Waals surface area (Å²) in [5.74, 6) is -1.56. The molecule has 12 heteroatoms. The van der Waals surface area contributed by atoms with Gasteiger partial charge in [0, 0.05) is 19.6 Å². The fraction of sp³-hybridized carbons (Fsp3) is 0.444. The summed E-state index contributed by atoms with van der Waals surface area (Å²) in [7, 11) is 0. The average molecular weight is 427 g/mol. The Morgan fingerprint density at radius 2 is 1.93 bits per heavy atom. The Balaban J connectivity index is 1.51. The van der Waals surface area contributed by atoms with E-state index in [4.69, 9.17) is 4.74 Å². The predicted molar refractivity (Wildman–Crippen MR) is 95.7 cm³/mol. The van der Waals surface area contributed by atoms with Crippen molar-refractivity contribution in [2.45, 2.75) is 38.3 Å². The molecule has 1 aromatic carbocycles. The largest absolute Gasteiger partial charge is 0.451 e. The van der Waals surface area contributed by atoms with Gasteiger partial charge in [0.2, 0.25) is 11.7 Å². The van der Waals surface area contributed by atoms with E-state index in [0.29, 0.717) is 0 Å². The summed E-state index contributed by atoms with van der Waals surface area (Å²) < 4.78 is 44.7. The standard InChI is InChI=1S/C18H20F3N5O4/c19-18(20,21)16-24-23-14-10-25(6-7-26(14)16)15(28)8-13(11-27)30-17(29)22-9-12-4-2-1-3-5-12/h1-5,13,27H,6-11H2,(H,22,29)/t13-/m0/s1. The average Bonchev–Trinajstić information content (AvgIpc) is 3.16. The van der Waals surface area contributed by atoms with Crippen molar-refractivity contribution in [3.05, 3.63) is 47.5 Å². The second-order valence-corrected chi connectivity index (χ2v) is 6.66. The number of rotatable bonds is 6. The number of alkyl carbamates (subject to hydrolysis) is 1. The van der Waals surface area contributed by atoms with E-state index < -0.39 is 36.7 Å². The van der Waals surface area contributed by atoms with E-state index in [9.17, 15) is 27.9 Å². The predicted octanol–water partition coefficient (Wildman–Crippen LogP) is 1.32. The monoisotopic (exact) mass is 427 g/mol. The van der Waals surface area contributed by atoms with Crippen LogP contribution < -0.4 is 5.32 Å². The maximum Gasteiger partial charge on any atom is 0.451 e. The molecule has 1 aromatic heterocycles. The van der Waals surface area contributed by atoms with Crippen molar-refractivity contribution >= 4 is 12.0 Å². The lowest BCUT2D eigenvalue weighted by atomic mass is 10.2. The van der Waals surface area contributed by atoms with Gasteiger partial charge in [-0.3, -0.25) is 4.79 Å². The number of halogens is 3. The van der Waals surface area contributed by atoms with Gasteiger partial charge in [-0.2, -0.15) is 13.2 Å². The molecular weight excluding hydrogens is 407 g/mol. The van der Waals surface area contributed by atoms with Gasteiger partial charge in [0.05, 0.1) is 19.6 Å². The zero-order valence-corrected chi connectivity index (χ0v) is 15.8. The lowest BCUT2D eigenvalue weighted by Crippen LogP contribution is -2.42. The molecule has 0 fully saturated rings. The van der Waals surface area contributed by atoms with Gasteiger partial charge in [-0.15, -0.1) is 10.2 Å². The van der Waals surface area contributed by atoms with Gasteiger partial charge in [-0.05, 0) is 5.56 Å². The highest BCUT2D eigenvalue weighted by Crippen LogP contribution is 2.29. The van der Waals surface area contributed by atoms with Crippen molar-refractivity contribution < 1.29 is 32.6 Å². The summed E-state index contributed by atoms with van der Waals surface area (Å²) in [6, 6.07) is 9.09. The van der Waals surface area contributed by atoms with E-state index >= 15 is 0 Å². The lowest BCUT2D eigenvalue weighted by molar-refractivity contribution is -0.148. The molecule has 0 unspecified atom stereocenters. The van der Waals surface area contributed by atoms with Crippen molar-refractivity contribution in [2.24, 2.45) is 0 Å². The fourth-order valence-corrected chi connectivity index (χ4v) is 3.01. The molecule has 0 spiro atoms. The van der Waals surface area contributed by atoms with E-state index in [1.54, 1.807) is 0 Å². The highest BCUT2D eigenvalue weighted by molar-refractivity contribution is 5.77. The molecule has 0 bridgehead atoms. The summed E-state index contributed by atoms with van der Waals surface area (Å²) in [6.07, 6.45) is -6.81. The number of aromatic nitrogens is 3. The summed E-state index contributed by atoms with van der Waals surface area (Å²) >= 11 is 0. The van der Waals surface area contributed by atoms with Crippen LogP contribution in [-0.4, -0.2) is 56.0 Å². The number of hydrogen-bond acceptors (Lipinski definition) is 6. The molecule has 162 valence electrons. The number of aliphatic hydroxyl groups excluding tert-OH is 1. The van der Waals surface area contributed by atoms with Crippen LogP contribution in [0.5, 0.6) is 0 Å². The molecule has 9 nitrogen and oxygen atoms in total. The van der Waals surface area contributed by atoms with Crippen molar-refractivity contribution in [1.82, 2.24) is 25.0 Å². The molecule has 0 aliphatic carbocycles. The second-order valence-electron chi connectivity index (χ2n) is 6.66. The van der Waals surface area contributed by atoms with Crippen molar-refractivity contribution in [2.75, 3.05) is 13.2 Å². The molecule has 2 amide bonds. The second kappa shape index (κ2) is 9.11. The van der Waals surface area contributed by atoms with E-state index in [0.717, 1.165) is 10.1 Å². The zero-order chi connectivity index (χ0) is 21.7. The van der Waals surface area contributed by atoms with E-state index in [-0.39, 0.29) is 38.4 Å². The quantitative estimate of drug-likeness (QED) is 0.720. The number of alkyl halides is 3. The Morgan fingerprint density at radius 1 is 1.20 bits per heavy atom. The van der Waals surface area contributed by atoms with Gasteiger partial charge >= 0.3 is 12.3 Å². The van der Waals surface area contributed by atoms with Gasteiger partial charge in [-0.25, -0.2) is 4.79 Å². The van der Waals surface area contributed by atoms with Gasteiger partial charge in [0.25, 0.3) is 0 Å². The number of benzene rings is 1. The lowest BCUT2D eigenvalue weighted by Gasteiger charge is -2.29. The zero-order valence-electron chi connectivity index (χ0n) is 15.8. The Hall–Kier alpha value is -3.15. The first-order chi connectivity index (χ1) is 14.3. The number of nitrogens with zero attached hydrogens (tertiary/aromatic N) is 4. The third-order valence-electron chi connectivity index (χ3n) is 4.52. The number of aliphatic hydroxyl groups is 1. The van der Waals surface area contributed by atoms with E-state index in [1.165, 1.54) is 4.90 Å². The van der Waals surface area contributed by atoms with Crippen molar-refractivity contribution in [1.29, 1.82) is 0 Å². The fourth-order valence-electron chi connectivity index (χ4n) is 3.01. The molecule has 30 heavy (non-hydrogen) atoms. The third kappa shape index (κ3) is 5.26. The van der Waals surface area contributed by atoms with Crippen LogP contribution in [0.3, 0.4) is 0 Å². The Labute approximate surface area is 169 Å². The number of carbonyl (C=O) groups is 2. The molecule has 1 atom stereocenters. The van der Waals surface area contributed by atoms with Gasteiger partial charge in [0.1, 0.15) is 6.10 Å². The minimum atomic E-state index is -4.62. The van der Waals surface area contributed by atoms with E-state index in [2.05, 4.69) is 15.5 Å². The van der Waals surface area contributed by atoms with Crippen molar-refractivity contribution in [3.63, 3.8) is 0 Å². The summed E-state index contributed by atoms with van der Waals surface area (Å²) in [5.41, 5.74) is 0.849. The highest BCUT2D eigenvalue weighted by Gasteiger charge is 2.40. The SMILES string of the molecule is O=C(NCc1ccccc1)O[C@H](CO)CC(=O)N1CCn2c(nnc2C(F)(F)F)C1. The number of amides is 2. The molecule has 0 saturated heterocycles. The number of ether oxygens (including phenoxy) is 1. The number of fused-ring (bicyclic) bond motifs is 1. The first-order valence-electron chi connectivity index (χ1n) is 9.14. The Morgan fingerprint density at radius 3 is 2.60 bits per heavy atom. The Kier molecular flexibility index (Phi) is 6.55. The smallest absolute Gasteiger partial charge is 0.443 e. The molecule has 2 heterocycles. The Bertz CT molecular complexity index is 888. The number of carbonyl (C=O) groups excluding carboxylic acids is 2. The molecule has 2 N–H and O–H groups in total. The van der Waals surface area contributed by atoms with Crippen LogP contribution in [0.4, 0.5) is 18.0 Å². The molecular formula is C18H20F3N5O4. The van der Waals surface area contributed by atoms with Crippen LogP contribution in [0.25, 0.3) is 0 Å². The molecule has 3 rings (SSSR count). The highest BCUT2D eigenvalue weighted by atomic mass is 19.4. The molecule has 2 aromatic rings. The minimum Gasteiger partial charge on any atom is -0.443 e. The van der Waals surface area contributed by atoms with E-state index in [1.807, 2.05) is 30.3 Å². The maximum absolute atomic E-state index is 12.9. The van der Waals surface area contributed by atoms with Crippen LogP contribution in [0.2, 0.25) is 0 Å². The first-order valence-corrected chi connectivity index (χ1v) is 9.14. The minimum absolute atomic E-state index is 0.0176. The molecule has 1 aliphatic rings. The first kappa shape index (κ1) is 21.6. The summed E-state index contributed by atoms with van der Waals surface area (Å²) in [6.45, 7) is -0.599. The van der Waals surface area contributed by atoms with Crippen molar-refractivity contribution in [3.8, 4) is 0 Å². The molecule has 0 saturated carbocycles. The van der Waals surface area contributed by atoms with Crippen LogP contribution in [0.1, 0.15) is 23.6 Å². The normalized spacial score (nSPS) is 14.7. The van der Waals surface area contributed by atoms with Crippen LogP contribution in [0, 0.1) is 0 Å². The summed E-state index contributed by atoms with van der Waals surface area (Å²) in [5, 5.41) is 18.6. The molecule has 1 aliphatic heterocycles. The van der Waals surface area contributed by atoms with Crippen LogP contribution in [-0.2, 0) is 35.3 Å².